The van der Waals surface area contributed by atoms with Gasteiger partial charge >= 0.3 is 228 Å². The van der Waals surface area contributed by atoms with E-state index in [1.54, 1.807) is 17.0 Å². The molecule has 1 aromatic carbocycles. The van der Waals surface area contributed by atoms with E-state index in [1.165, 1.54) is 55.4 Å². The summed E-state index contributed by atoms with van der Waals surface area (Å²) < 4.78 is 13.2. The first-order valence-corrected chi connectivity index (χ1v) is 21.6. The predicted molar refractivity (Wildman–Crippen MR) is 159 cm³/mol. The molecule has 0 radical (unpaired) electrons. The van der Waals surface area contributed by atoms with Crippen molar-refractivity contribution in [3.63, 3.8) is 0 Å². The van der Waals surface area contributed by atoms with Gasteiger partial charge in [0.05, 0.1) is 0 Å². The molecule has 6 heteroatoms. The molecule has 3 aromatic rings. The van der Waals surface area contributed by atoms with Crippen molar-refractivity contribution in [3.05, 3.63) is 54.1 Å². The Bertz CT molecular complexity index is 1160. The second kappa shape index (κ2) is 13.6. The summed E-state index contributed by atoms with van der Waals surface area (Å²) in [6.45, 7) is 12.6. The molecule has 0 saturated heterocycles. The third-order valence-electron chi connectivity index (χ3n) is 7.00. The first-order valence-electron chi connectivity index (χ1n) is 14.1. The molecule has 3 rings (SSSR count). The van der Waals surface area contributed by atoms with Crippen molar-refractivity contribution in [2.24, 2.45) is 0 Å². The average molecular weight is 610 g/mol. The number of hydrogen-bond donors (Lipinski definition) is 0. The molecule has 0 spiro atoms. The van der Waals surface area contributed by atoms with Gasteiger partial charge in [-0.05, 0) is 0 Å². The van der Waals surface area contributed by atoms with Crippen LogP contribution in [0.4, 0.5) is 4.79 Å². The molecule has 37 heavy (non-hydrogen) atoms. The van der Waals surface area contributed by atoms with Crippen molar-refractivity contribution in [2.75, 3.05) is 0 Å². The second-order valence-electron chi connectivity index (χ2n) is 11.2. The van der Waals surface area contributed by atoms with Crippen molar-refractivity contribution >= 4 is 51.2 Å². The number of hydrogen-bond acceptors (Lipinski definition) is 4. The monoisotopic (exact) mass is 611 g/mol. The van der Waals surface area contributed by atoms with E-state index < -0.39 is 24.0 Å². The fraction of sp³-hybridized carbons (Fsp3) is 0.516. The number of carbonyl (C=O) groups is 1. The van der Waals surface area contributed by atoms with Gasteiger partial charge in [-0.1, -0.05) is 0 Å². The summed E-state index contributed by atoms with van der Waals surface area (Å²) in [4.78, 5) is 22.6. The van der Waals surface area contributed by atoms with Crippen molar-refractivity contribution in [1.82, 2.24) is 14.5 Å². The van der Waals surface area contributed by atoms with Gasteiger partial charge in [0.25, 0.3) is 0 Å². The van der Waals surface area contributed by atoms with E-state index in [0.29, 0.717) is 5.82 Å². The van der Waals surface area contributed by atoms with Crippen molar-refractivity contribution < 1.29 is 9.53 Å². The standard InChI is InChI=1S/C19H18N3O2.3C4H9.Sn/c1-19(2,3)24-18(23)22-16-9-5-4-8-15(16)21-17(22)11-10-14-7-6-12-20-13-14;3*1-3-4-2;/h4,6-13H,1-3H3;3*1,3-4H2,2H3;/b11-10+;;;;. The van der Waals surface area contributed by atoms with E-state index in [9.17, 15) is 4.79 Å². The summed E-state index contributed by atoms with van der Waals surface area (Å²) in [6, 6.07) is 10.7. The van der Waals surface area contributed by atoms with Crippen LogP contribution in [0.5, 0.6) is 0 Å². The maximum atomic E-state index is 13.5. The van der Waals surface area contributed by atoms with Gasteiger partial charge in [0.15, 0.2) is 0 Å². The molecule has 0 atom stereocenters. The molecule has 0 N–H and O–H groups in total. The SMILES string of the molecule is CCC[CH2][Sn]([CH2]CCC)([CH2]CCC)[c]1ccc2nc(/C=C/c3cccnc3)n(C(=O)OC(C)(C)C)c2c1. The van der Waals surface area contributed by atoms with Crippen LogP contribution in [0.3, 0.4) is 0 Å². The van der Waals surface area contributed by atoms with Crippen LogP contribution < -0.4 is 3.58 Å². The summed E-state index contributed by atoms with van der Waals surface area (Å²) in [7, 11) is 0. The number of unbranched alkanes of at least 4 members (excludes halogenated alkanes) is 3. The fourth-order valence-corrected chi connectivity index (χ4v) is 21.0. The fourth-order valence-electron chi connectivity index (χ4n) is 5.03. The maximum absolute atomic E-state index is 13.5. The van der Waals surface area contributed by atoms with E-state index in [4.69, 9.17) is 9.72 Å². The van der Waals surface area contributed by atoms with Crippen molar-refractivity contribution in [3.8, 4) is 0 Å². The van der Waals surface area contributed by atoms with Crippen LogP contribution in [0, 0.1) is 0 Å². The average Bonchev–Trinajstić information content (AvgIpc) is 3.25. The third-order valence-corrected chi connectivity index (χ3v) is 22.6. The number of ether oxygens (including phenoxy) is 1. The first-order chi connectivity index (χ1) is 17.7. The van der Waals surface area contributed by atoms with Gasteiger partial charge in [-0.25, -0.2) is 0 Å². The Labute approximate surface area is 227 Å². The molecule has 0 aliphatic heterocycles. The Balaban J connectivity index is 2.17. The van der Waals surface area contributed by atoms with Crippen LogP contribution in [0.15, 0.2) is 42.7 Å². The van der Waals surface area contributed by atoms with E-state index in [2.05, 4.69) is 44.0 Å². The Morgan fingerprint density at radius 1 is 0.973 bits per heavy atom. The van der Waals surface area contributed by atoms with E-state index in [1.807, 2.05) is 45.1 Å². The summed E-state index contributed by atoms with van der Waals surface area (Å²) in [5, 5.41) is 0. The molecular formula is C31H45N3O2Sn. The van der Waals surface area contributed by atoms with Gasteiger partial charge in [0.1, 0.15) is 0 Å². The second-order valence-corrected chi connectivity index (χ2v) is 24.4. The molecule has 0 amide bonds. The van der Waals surface area contributed by atoms with Crippen molar-refractivity contribution in [2.45, 2.75) is 99.0 Å². The van der Waals surface area contributed by atoms with E-state index in [0.717, 1.165) is 16.6 Å². The van der Waals surface area contributed by atoms with Crippen LogP contribution in [0.25, 0.3) is 23.2 Å². The number of imidazole rings is 1. The zero-order valence-corrected chi connectivity index (χ0v) is 26.6. The quantitative estimate of drug-likeness (QED) is 0.193. The third kappa shape index (κ3) is 7.92. The first kappa shape index (κ1) is 29.4. The van der Waals surface area contributed by atoms with Crippen LogP contribution in [-0.4, -0.2) is 44.6 Å². The number of benzene rings is 1. The van der Waals surface area contributed by atoms with Crippen LogP contribution >= 0.6 is 0 Å². The Morgan fingerprint density at radius 2 is 1.62 bits per heavy atom. The molecule has 0 aliphatic carbocycles. The molecule has 0 bridgehead atoms. The van der Waals surface area contributed by atoms with Gasteiger partial charge in [-0.2, -0.15) is 0 Å². The number of fused-ring (bicyclic) bond motifs is 1. The topological polar surface area (TPSA) is 57.0 Å². The summed E-state index contributed by atoms with van der Waals surface area (Å²) in [6.07, 6.45) is 14.6. The molecule has 2 heterocycles. The molecule has 0 fully saturated rings. The van der Waals surface area contributed by atoms with Gasteiger partial charge < -0.3 is 0 Å². The van der Waals surface area contributed by atoms with Crippen LogP contribution in [0.2, 0.25) is 13.3 Å². The number of rotatable bonds is 12. The molecule has 200 valence electrons. The van der Waals surface area contributed by atoms with E-state index in [-0.39, 0.29) is 6.09 Å². The molecule has 0 aliphatic rings. The minimum atomic E-state index is -2.69. The molecule has 0 saturated carbocycles. The van der Waals surface area contributed by atoms with Crippen LogP contribution in [-0.2, 0) is 4.74 Å². The Morgan fingerprint density at radius 3 is 2.16 bits per heavy atom. The van der Waals surface area contributed by atoms with Crippen LogP contribution in [0.1, 0.15) is 91.5 Å². The minimum absolute atomic E-state index is 0.380. The predicted octanol–water partition coefficient (Wildman–Crippen LogP) is 8.44. The van der Waals surface area contributed by atoms with Gasteiger partial charge in [0, 0.05) is 0 Å². The molecule has 0 unspecified atom stereocenters. The molecular weight excluding hydrogens is 565 g/mol. The zero-order chi connectivity index (χ0) is 26.9. The number of aromatic nitrogens is 3. The van der Waals surface area contributed by atoms with Gasteiger partial charge in [-0.15, -0.1) is 0 Å². The summed E-state index contributed by atoms with van der Waals surface area (Å²) in [5.41, 5.74) is 2.06. The molecule has 2 aromatic heterocycles. The van der Waals surface area contributed by atoms with Crippen molar-refractivity contribution in [1.29, 1.82) is 0 Å². The van der Waals surface area contributed by atoms with E-state index >= 15 is 0 Å². The number of nitrogens with zero attached hydrogens (tertiary/aromatic N) is 3. The summed E-state index contributed by atoms with van der Waals surface area (Å²) >= 11 is -2.69. The summed E-state index contributed by atoms with van der Waals surface area (Å²) in [5.74, 6) is 0.585. The zero-order valence-electron chi connectivity index (χ0n) is 23.7. The Hall–Kier alpha value is -2.15. The Kier molecular flexibility index (Phi) is 10.8. The normalized spacial score (nSPS) is 12.5. The van der Waals surface area contributed by atoms with Gasteiger partial charge in [0.2, 0.25) is 0 Å². The van der Waals surface area contributed by atoms with Gasteiger partial charge in [-0.3, -0.25) is 0 Å². The number of carbonyl (C=O) groups excluding carboxylic acids is 1. The number of pyridine rings is 1. The molecule has 5 nitrogen and oxygen atoms in total.